The third kappa shape index (κ3) is 4.11. The lowest BCUT2D eigenvalue weighted by Crippen LogP contribution is -2.41. The van der Waals surface area contributed by atoms with Crippen LogP contribution in [-0.2, 0) is 25.8 Å². The van der Waals surface area contributed by atoms with Gasteiger partial charge in [-0.15, -0.1) is 0 Å². The highest BCUT2D eigenvalue weighted by Gasteiger charge is 2.41. The van der Waals surface area contributed by atoms with E-state index in [1.54, 1.807) is 16.7 Å². The van der Waals surface area contributed by atoms with E-state index in [9.17, 15) is 31.2 Å². The van der Waals surface area contributed by atoms with E-state index in [-0.39, 0.29) is 14.9 Å². The summed E-state index contributed by atoms with van der Waals surface area (Å²) >= 11 is 6.02. The fraction of sp³-hybridized carbons (Fsp3) is 0.312. The zero-order valence-electron chi connectivity index (χ0n) is 15.8. The normalized spacial score (nSPS) is 19.6. The van der Waals surface area contributed by atoms with E-state index in [2.05, 4.69) is 0 Å². The van der Waals surface area contributed by atoms with Crippen molar-refractivity contribution in [2.24, 2.45) is 0 Å². The number of carbonyl (C=O) groups is 2. The van der Waals surface area contributed by atoms with Gasteiger partial charge in [-0.25, -0.2) is 8.42 Å². The molecule has 2 aliphatic rings. The van der Waals surface area contributed by atoms with Crippen LogP contribution >= 0.6 is 24.0 Å². The molecule has 14 heteroatoms. The lowest BCUT2D eigenvalue weighted by atomic mass is 10.1. The van der Waals surface area contributed by atoms with Gasteiger partial charge in [-0.3, -0.25) is 19.2 Å². The first-order valence-corrected chi connectivity index (χ1v) is 11.3. The number of anilines is 2. The zero-order valence-corrected chi connectivity index (χ0v) is 18.2. The molecule has 1 aromatic carbocycles. The summed E-state index contributed by atoms with van der Waals surface area (Å²) in [5.41, 5.74) is -0.115. The number of carbonyl (C=O) groups excluding carboxylic acids is 2. The third-order valence-electron chi connectivity index (χ3n) is 4.31. The van der Waals surface area contributed by atoms with Gasteiger partial charge in [0.15, 0.2) is 0 Å². The maximum absolute atomic E-state index is 13.1. The number of hydrogen-bond donors (Lipinski definition) is 1. The highest BCUT2D eigenvalue weighted by Crippen LogP contribution is 2.46. The number of halogens is 3. The van der Waals surface area contributed by atoms with Gasteiger partial charge in [-0.1, -0.05) is 24.0 Å². The summed E-state index contributed by atoms with van der Waals surface area (Å²) in [5.74, 6) is -1.29. The molecule has 0 spiro atoms. The smallest absolute Gasteiger partial charge is 0.328 e. The second-order valence-corrected chi connectivity index (χ2v) is 9.92. The summed E-state index contributed by atoms with van der Waals surface area (Å²) in [7, 11) is -0.701. The van der Waals surface area contributed by atoms with Crippen molar-refractivity contribution >= 4 is 61.5 Å². The van der Waals surface area contributed by atoms with Crippen molar-refractivity contribution in [1.82, 2.24) is 9.62 Å². The molecule has 0 unspecified atom stereocenters. The molecule has 2 aliphatic heterocycles. The molecular formula is C16H15F3N4O4S3. The first-order valence-electron chi connectivity index (χ1n) is 8.18. The first-order chi connectivity index (χ1) is 13.7. The average Bonchev–Trinajstić information content (AvgIpc) is 3.00. The van der Waals surface area contributed by atoms with E-state index in [0.29, 0.717) is 11.5 Å². The molecule has 0 saturated carbocycles. The molecule has 0 bridgehead atoms. The number of amides is 2. The van der Waals surface area contributed by atoms with E-state index in [4.69, 9.17) is 12.2 Å². The maximum Gasteiger partial charge on any atom is 0.416 e. The van der Waals surface area contributed by atoms with Gasteiger partial charge in [-0.05, 0) is 18.2 Å². The molecule has 30 heavy (non-hydrogen) atoms. The van der Waals surface area contributed by atoms with Crippen molar-refractivity contribution in [3.05, 3.63) is 34.5 Å². The van der Waals surface area contributed by atoms with Crippen molar-refractivity contribution in [3.8, 4) is 0 Å². The Labute approximate surface area is 179 Å². The van der Waals surface area contributed by atoms with E-state index < -0.39 is 40.1 Å². The van der Waals surface area contributed by atoms with Crippen molar-refractivity contribution in [2.45, 2.75) is 6.18 Å². The standard InChI is InChI=1S/C16H15F3N4O4S3/c1-21-9-5-4-8(16(17,18)19)6-10(9)22(2)13(21)12-14(25)23(15(28)29-12)7-11(24)20-30(3,26)27/h4-6H,7H2,1-3H3,(H,20,24)/b13-12+. The topological polar surface area (TPSA) is 90.0 Å². The highest BCUT2D eigenvalue weighted by molar-refractivity contribution is 8.26. The summed E-state index contributed by atoms with van der Waals surface area (Å²) in [5, 5.41) is 0. The predicted molar refractivity (Wildman–Crippen MR) is 110 cm³/mol. The van der Waals surface area contributed by atoms with Crippen LogP contribution < -0.4 is 14.5 Å². The second-order valence-electron chi connectivity index (χ2n) is 6.53. The number of nitrogens with zero attached hydrogens (tertiary/aromatic N) is 3. The number of hydrogen-bond acceptors (Lipinski definition) is 8. The van der Waals surface area contributed by atoms with Gasteiger partial charge in [0.25, 0.3) is 11.8 Å². The Hall–Kier alpha value is -2.32. The number of fused-ring (bicyclic) bond motifs is 1. The molecule has 1 fully saturated rings. The largest absolute Gasteiger partial charge is 0.416 e. The molecule has 2 amide bonds. The molecule has 3 rings (SSSR count). The molecular weight excluding hydrogens is 465 g/mol. The number of sulfonamides is 1. The average molecular weight is 481 g/mol. The Balaban J connectivity index is 1.94. The van der Waals surface area contributed by atoms with Gasteiger partial charge >= 0.3 is 6.18 Å². The maximum atomic E-state index is 13.1. The number of nitrogens with one attached hydrogen (secondary N) is 1. The summed E-state index contributed by atoms with van der Waals surface area (Å²) < 4.78 is 63.4. The fourth-order valence-electron chi connectivity index (χ4n) is 3.06. The van der Waals surface area contributed by atoms with E-state index >= 15 is 0 Å². The number of alkyl halides is 3. The Morgan fingerprint density at radius 3 is 2.37 bits per heavy atom. The minimum absolute atomic E-state index is 0.0277. The monoisotopic (exact) mass is 480 g/mol. The molecule has 0 atom stereocenters. The van der Waals surface area contributed by atoms with Crippen LogP contribution in [0.4, 0.5) is 24.5 Å². The Morgan fingerprint density at radius 2 is 1.80 bits per heavy atom. The molecule has 162 valence electrons. The summed E-state index contributed by atoms with van der Waals surface area (Å²) in [6.07, 6.45) is -3.72. The molecule has 2 heterocycles. The van der Waals surface area contributed by atoms with Crippen LogP contribution in [0.1, 0.15) is 5.56 Å². The van der Waals surface area contributed by atoms with E-state index in [0.717, 1.165) is 35.1 Å². The van der Waals surface area contributed by atoms with E-state index in [1.165, 1.54) is 18.0 Å². The minimum Gasteiger partial charge on any atom is -0.328 e. The van der Waals surface area contributed by atoms with Crippen LogP contribution in [0.3, 0.4) is 0 Å². The highest BCUT2D eigenvalue weighted by atomic mass is 32.2. The SMILES string of the molecule is CN1/C(=C2\SC(=S)N(CC(=O)NS(C)(=O)=O)C2=O)N(C)c2cc(C(F)(F)F)ccc21. The van der Waals surface area contributed by atoms with Crippen LogP contribution in [0.2, 0.25) is 0 Å². The van der Waals surface area contributed by atoms with E-state index in [1.807, 2.05) is 0 Å². The molecule has 1 saturated heterocycles. The molecule has 1 N–H and O–H groups in total. The summed E-state index contributed by atoms with van der Waals surface area (Å²) in [6, 6.07) is 3.24. The van der Waals surface area contributed by atoms with Crippen LogP contribution in [0.25, 0.3) is 0 Å². The summed E-state index contributed by atoms with van der Waals surface area (Å²) in [4.78, 5) is 28.8. The van der Waals surface area contributed by atoms with Gasteiger partial charge < -0.3 is 9.80 Å². The number of benzene rings is 1. The minimum atomic E-state index is -4.52. The van der Waals surface area contributed by atoms with Crippen molar-refractivity contribution in [3.63, 3.8) is 0 Å². The number of thiocarbonyl (C=S) groups is 1. The van der Waals surface area contributed by atoms with Gasteiger partial charge in [0.05, 0.1) is 23.2 Å². The third-order valence-corrected chi connectivity index (χ3v) is 6.34. The van der Waals surface area contributed by atoms with Crippen LogP contribution in [0.15, 0.2) is 28.9 Å². The van der Waals surface area contributed by atoms with Gasteiger partial charge in [-0.2, -0.15) is 13.2 Å². The number of rotatable bonds is 3. The van der Waals surface area contributed by atoms with Crippen LogP contribution in [-0.4, -0.2) is 56.3 Å². The van der Waals surface area contributed by atoms with Crippen molar-refractivity contribution in [2.75, 3.05) is 36.7 Å². The van der Waals surface area contributed by atoms with Crippen molar-refractivity contribution < 1.29 is 31.2 Å². The predicted octanol–water partition coefficient (Wildman–Crippen LogP) is 1.70. The fourth-order valence-corrected chi connectivity index (χ4v) is 4.93. The van der Waals surface area contributed by atoms with Crippen molar-refractivity contribution in [1.29, 1.82) is 0 Å². The summed E-state index contributed by atoms with van der Waals surface area (Å²) in [6.45, 7) is -0.604. The second kappa shape index (κ2) is 7.42. The quantitative estimate of drug-likeness (QED) is 0.517. The molecule has 0 aromatic heterocycles. The zero-order chi connectivity index (χ0) is 22.6. The Kier molecular flexibility index (Phi) is 5.54. The lowest BCUT2D eigenvalue weighted by molar-refractivity contribution is -0.137. The Morgan fingerprint density at radius 1 is 1.20 bits per heavy atom. The molecule has 0 aliphatic carbocycles. The van der Waals surface area contributed by atoms with Crippen LogP contribution in [0.5, 0.6) is 0 Å². The van der Waals surface area contributed by atoms with Gasteiger partial charge in [0.2, 0.25) is 10.0 Å². The van der Waals surface area contributed by atoms with Crippen LogP contribution in [0, 0.1) is 0 Å². The molecule has 8 nitrogen and oxygen atoms in total. The van der Waals surface area contributed by atoms with Gasteiger partial charge in [0, 0.05) is 14.1 Å². The van der Waals surface area contributed by atoms with Gasteiger partial charge in [0.1, 0.15) is 21.6 Å². The molecule has 0 radical (unpaired) electrons. The number of thioether (sulfide) groups is 1. The Bertz CT molecular complexity index is 1100. The molecule has 1 aromatic rings. The first kappa shape index (κ1) is 22.4. The lowest BCUT2D eigenvalue weighted by Gasteiger charge is -2.20.